The van der Waals surface area contributed by atoms with Crippen molar-refractivity contribution >= 4 is 23.0 Å². The fraction of sp³-hybridized carbons (Fsp3) is 0.200. The third-order valence-electron chi connectivity index (χ3n) is 6.86. The summed E-state index contributed by atoms with van der Waals surface area (Å²) in [4.78, 5) is 25.9. The minimum Gasteiger partial charge on any atom is -0.508 e. The number of esters is 1. The van der Waals surface area contributed by atoms with Crippen molar-refractivity contribution in [3.63, 3.8) is 0 Å². The van der Waals surface area contributed by atoms with E-state index in [0.717, 1.165) is 18.2 Å². The van der Waals surface area contributed by atoms with Crippen LogP contribution in [0, 0.1) is 0 Å². The second-order valence-corrected chi connectivity index (χ2v) is 9.64. The van der Waals surface area contributed by atoms with E-state index in [1.165, 1.54) is 54.6 Å². The van der Waals surface area contributed by atoms with Gasteiger partial charge in [0, 0.05) is 23.8 Å². The number of aliphatic hydroxyl groups excluding tert-OH is 3. The lowest BCUT2D eigenvalue weighted by atomic mass is 9.89. The van der Waals surface area contributed by atoms with Gasteiger partial charge in [-0.1, -0.05) is 12.1 Å². The van der Waals surface area contributed by atoms with Crippen molar-refractivity contribution in [3.8, 4) is 34.3 Å². The van der Waals surface area contributed by atoms with Crippen molar-refractivity contribution in [3.05, 3.63) is 88.1 Å². The van der Waals surface area contributed by atoms with E-state index in [1.54, 1.807) is 0 Å². The topological polar surface area (TPSA) is 207 Å². The second kappa shape index (κ2) is 11.5. The van der Waals surface area contributed by atoms with Crippen molar-refractivity contribution < 1.29 is 54.4 Å². The molecule has 0 saturated carbocycles. The van der Waals surface area contributed by atoms with Crippen LogP contribution in [0.4, 0.5) is 0 Å². The summed E-state index contributed by atoms with van der Waals surface area (Å²) >= 11 is 0. The van der Waals surface area contributed by atoms with Crippen molar-refractivity contribution in [2.24, 2.45) is 0 Å². The van der Waals surface area contributed by atoms with Crippen LogP contribution in [0.1, 0.15) is 17.2 Å². The van der Waals surface area contributed by atoms with Crippen molar-refractivity contribution in [1.82, 2.24) is 0 Å². The fourth-order valence-corrected chi connectivity index (χ4v) is 4.74. The van der Waals surface area contributed by atoms with E-state index in [-0.39, 0.29) is 33.8 Å². The zero-order valence-corrected chi connectivity index (χ0v) is 21.7. The number of ether oxygens (including phenoxy) is 2. The molecule has 12 nitrogen and oxygen atoms in total. The molecule has 3 aromatic carbocycles. The molecule has 7 N–H and O–H groups in total. The van der Waals surface area contributed by atoms with E-state index < -0.39 is 60.0 Å². The summed E-state index contributed by atoms with van der Waals surface area (Å²) in [6.07, 6.45) is -5.84. The minimum atomic E-state index is -1.83. The average molecular weight is 579 g/mol. The number of phenols is 4. The fourth-order valence-electron chi connectivity index (χ4n) is 4.74. The van der Waals surface area contributed by atoms with Crippen molar-refractivity contribution in [1.29, 1.82) is 0 Å². The molecule has 1 aromatic heterocycles. The zero-order valence-electron chi connectivity index (χ0n) is 21.7. The average Bonchev–Trinajstić information content (AvgIpc) is 2.96. The maximum Gasteiger partial charge on any atom is 0.331 e. The van der Waals surface area contributed by atoms with E-state index in [1.807, 2.05) is 0 Å². The molecule has 0 aliphatic carbocycles. The smallest absolute Gasteiger partial charge is 0.331 e. The molecule has 5 rings (SSSR count). The zero-order chi connectivity index (χ0) is 30.1. The molecule has 218 valence electrons. The van der Waals surface area contributed by atoms with E-state index >= 15 is 0 Å². The molecule has 12 heteroatoms. The summed E-state index contributed by atoms with van der Waals surface area (Å²) in [7, 11) is 0. The monoisotopic (exact) mass is 578 g/mol. The summed E-state index contributed by atoms with van der Waals surface area (Å²) in [5.74, 6) is -2.30. The number of aromatic hydroxyl groups is 4. The summed E-state index contributed by atoms with van der Waals surface area (Å²) in [5, 5.41) is 71.5. The van der Waals surface area contributed by atoms with E-state index in [9.17, 15) is 45.3 Å². The van der Waals surface area contributed by atoms with Gasteiger partial charge in [-0.3, -0.25) is 4.79 Å². The normalized spacial score (nSPS) is 22.4. The molecule has 5 atom stereocenters. The Morgan fingerprint density at radius 2 is 1.52 bits per heavy atom. The highest BCUT2D eigenvalue weighted by atomic mass is 16.6. The molecule has 2 heterocycles. The Morgan fingerprint density at radius 1 is 0.881 bits per heavy atom. The van der Waals surface area contributed by atoms with Gasteiger partial charge in [0.05, 0.1) is 12.2 Å². The van der Waals surface area contributed by atoms with E-state index in [2.05, 4.69) is 0 Å². The van der Waals surface area contributed by atoms with Crippen molar-refractivity contribution in [2.75, 3.05) is 6.61 Å². The first-order chi connectivity index (χ1) is 20.1. The largest absolute Gasteiger partial charge is 0.508 e. The molecule has 0 bridgehead atoms. The van der Waals surface area contributed by atoms with Crippen LogP contribution in [0.15, 0.2) is 76.0 Å². The second-order valence-electron chi connectivity index (χ2n) is 9.64. The third-order valence-corrected chi connectivity index (χ3v) is 6.86. The van der Waals surface area contributed by atoms with Crippen LogP contribution in [0.25, 0.3) is 28.4 Å². The van der Waals surface area contributed by atoms with E-state index in [0.29, 0.717) is 11.1 Å². The van der Waals surface area contributed by atoms with Gasteiger partial charge in [-0.25, -0.2) is 4.79 Å². The summed E-state index contributed by atoms with van der Waals surface area (Å²) in [6, 6.07) is 13.5. The van der Waals surface area contributed by atoms with Gasteiger partial charge in [0.2, 0.25) is 0 Å². The molecule has 4 aromatic rings. The van der Waals surface area contributed by atoms with Gasteiger partial charge in [-0.05, 0) is 48.0 Å². The Kier molecular flexibility index (Phi) is 7.87. The predicted octanol–water partition coefficient (Wildman–Crippen LogP) is 2.06. The highest BCUT2D eigenvalue weighted by molar-refractivity contribution is 5.90. The molecule has 0 radical (unpaired) electrons. The third kappa shape index (κ3) is 5.51. The molecular weight excluding hydrogens is 552 g/mol. The number of carbonyl (C=O) groups is 1. The van der Waals surface area contributed by atoms with Crippen molar-refractivity contribution in [2.45, 2.75) is 30.5 Å². The Balaban J connectivity index is 1.61. The molecule has 42 heavy (non-hydrogen) atoms. The Bertz CT molecular complexity index is 1690. The van der Waals surface area contributed by atoms with Gasteiger partial charge >= 0.3 is 5.97 Å². The predicted molar refractivity (Wildman–Crippen MR) is 147 cm³/mol. The standard InChI is InChI=1S/C30H26O12/c31-13-22-26(38)27(39)30(42-23(37)10-3-14-1-6-16(32)7-2-14)29(41-22)25-19(35)11-18(34)24-20(36)12-21(40-28(24)25)15-4-8-17(33)9-5-15/h1-12,22,26-27,29-35,38-39H,13H2/b10-3+. The lowest BCUT2D eigenvalue weighted by Crippen LogP contribution is -2.56. The Labute approximate surface area is 237 Å². The SMILES string of the molecule is O=C(/C=C/c1ccc(O)cc1)OC1C(c2c(O)cc(O)c3c(=O)cc(-c4ccc(O)cc4)oc23)OC(CO)C(O)C1O. The first-order valence-electron chi connectivity index (χ1n) is 12.7. The Morgan fingerprint density at radius 3 is 2.17 bits per heavy atom. The maximum atomic E-state index is 13.1. The summed E-state index contributed by atoms with van der Waals surface area (Å²) in [6.45, 7) is -0.768. The lowest BCUT2D eigenvalue weighted by Gasteiger charge is -2.41. The quantitative estimate of drug-likeness (QED) is 0.130. The molecule has 0 amide bonds. The van der Waals surface area contributed by atoms with Gasteiger partial charge in [0.25, 0.3) is 0 Å². The lowest BCUT2D eigenvalue weighted by molar-refractivity contribution is -0.239. The number of hydrogen-bond donors (Lipinski definition) is 7. The van der Waals surface area contributed by atoms with Gasteiger partial charge in [-0.2, -0.15) is 0 Å². The molecular formula is C30H26O12. The van der Waals surface area contributed by atoms with Gasteiger partial charge < -0.3 is 49.6 Å². The van der Waals surface area contributed by atoms with Crippen LogP contribution in [-0.2, 0) is 14.3 Å². The highest BCUT2D eigenvalue weighted by Crippen LogP contribution is 2.44. The first kappa shape index (κ1) is 28.6. The van der Waals surface area contributed by atoms with Crippen LogP contribution in [-0.4, -0.2) is 72.7 Å². The van der Waals surface area contributed by atoms with Crippen LogP contribution in [0.2, 0.25) is 0 Å². The number of aliphatic hydroxyl groups is 3. The number of rotatable bonds is 6. The van der Waals surface area contributed by atoms with E-state index in [4.69, 9.17) is 13.9 Å². The number of benzene rings is 3. The molecule has 1 aliphatic heterocycles. The van der Waals surface area contributed by atoms with Crippen LogP contribution < -0.4 is 5.43 Å². The number of carbonyl (C=O) groups excluding carboxylic acids is 1. The highest BCUT2D eigenvalue weighted by Gasteiger charge is 2.48. The molecule has 1 aliphatic rings. The van der Waals surface area contributed by atoms with Gasteiger partial charge in [-0.15, -0.1) is 0 Å². The number of phenolic OH excluding ortho intramolecular Hbond substituents is 4. The number of fused-ring (bicyclic) bond motifs is 1. The number of hydrogen-bond acceptors (Lipinski definition) is 12. The molecule has 0 spiro atoms. The Hall–Kier alpha value is -4.88. The van der Waals surface area contributed by atoms with Gasteiger partial charge in [0.1, 0.15) is 58.6 Å². The van der Waals surface area contributed by atoms with Gasteiger partial charge in [0.15, 0.2) is 17.1 Å². The summed E-state index contributed by atoms with van der Waals surface area (Å²) < 4.78 is 17.2. The van der Waals surface area contributed by atoms with Crippen LogP contribution in [0.5, 0.6) is 23.0 Å². The minimum absolute atomic E-state index is 0.0146. The molecule has 5 unspecified atom stereocenters. The van der Waals surface area contributed by atoms with Crippen LogP contribution in [0.3, 0.4) is 0 Å². The maximum absolute atomic E-state index is 13.1. The molecule has 1 fully saturated rings. The summed E-state index contributed by atoms with van der Waals surface area (Å²) in [5.41, 5.74) is -0.484. The van der Waals surface area contributed by atoms with Crippen LogP contribution >= 0.6 is 0 Å². The first-order valence-corrected chi connectivity index (χ1v) is 12.7. The molecule has 1 saturated heterocycles.